The SMILES string of the molecule is Cl.Cl.NO. The minimum atomic E-state index is 0. The molecule has 0 heterocycles. The van der Waals surface area contributed by atoms with Crippen molar-refractivity contribution in [2.45, 2.75) is 0 Å². The summed E-state index contributed by atoms with van der Waals surface area (Å²) in [5.41, 5.74) is 0. The first kappa shape index (κ1) is 24.5. The highest BCUT2D eigenvalue weighted by atomic mass is 35.5. The van der Waals surface area contributed by atoms with Gasteiger partial charge in [-0.05, 0) is 0 Å². The molecule has 0 saturated heterocycles. The van der Waals surface area contributed by atoms with Crippen LogP contribution in [0.2, 0.25) is 0 Å². The molecule has 0 radical (unpaired) electrons. The lowest BCUT2D eigenvalue weighted by atomic mass is 13.6. The summed E-state index contributed by atoms with van der Waals surface area (Å²) < 4.78 is 0. The maximum atomic E-state index is 6.50. The molecule has 30 valence electrons. The lowest BCUT2D eigenvalue weighted by Crippen LogP contribution is -1.72. The monoisotopic (exact) mass is 105 g/mol. The average molecular weight is 106 g/mol. The smallest absolute Gasteiger partial charge is 0.147 e. The summed E-state index contributed by atoms with van der Waals surface area (Å²) in [7, 11) is 0. The first-order chi connectivity index (χ1) is 1.00. The molecule has 0 aliphatic rings. The summed E-state index contributed by atoms with van der Waals surface area (Å²) >= 11 is 0. The Kier molecular flexibility index (Phi) is 536. The van der Waals surface area contributed by atoms with Gasteiger partial charge in [0.2, 0.25) is 0 Å². The van der Waals surface area contributed by atoms with Crippen LogP contribution in [0.5, 0.6) is 0 Å². The summed E-state index contributed by atoms with van der Waals surface area (Å²) in [6, 6.07) is 0. The topological polar surface area (TPSA) is 46.2 Å². The van der Waals surface area contributed by atoms with Crippen LogP contribution in [-0.4, -0.2) is 5.21 Å². The second-order valence-electron chi connectivity index (χ2n) is 0. The van der Waals surface area contributed by atoms with Gasteiger partial charge >= 0.3 is 0 Å². The Morgan fingerprint density at radius 1 is 1.00 bits per heavy atom. The third-order valence-corrected chi connectivity index (χ3v) is 0. The van der Waals surface area contributed by atoms with Crippen molar-refractivity contribution >= 4 is 24.8 Å². The molecule has 0 aromatic carbocycles. The zero-order valence-electron chi connectivity index (χ0n) is 1.84. The molecule has 0 atom stereocenters. The van der Waals surface area contributed by atoms with Gasteiger partial charge in [0.1, 0.15) is 0 Å². The molecule has 0 aliphatic carbocycles. The van der Waals surface area contributed by atoms with E-state index in [9.17, 15) is 0 Å². The largest absolute Gasteiger partial charge is 0.320 e. The van der Waals surface area contributed by atoms with Crippen LogP contribution in [0.1, 0.15) is 0 Å². The van der Waals surface area contributed by atoms with Crippen molar-refractivity contribution in [1.82, 2.24) is 0 Å². The summed E-state index contributed by atoms with van der Waals surface area (Å²) in [6.45, 7) is 0. The van der Waals surface area contributed by atoms with Crippen LogP contribution >= 0.6 is 24.8 Å². The molecule has 4 heteroatoms. The molecule has 0 saturated carbocycles. The molecule has 0 aliphatic heterocycles. The molecule has 3 N–H and O–H groups in total. The highest BCUT2D eigenvalue weighted by Crippen LogP contribution is 0.691. The Morgan fingerprint density at radius 3 is 1.00 bits per heavy atom. The van der Waals surface area contributed by atoms with Crippen molar-refractivity contribution in [3.63, 3.8) is 0 Å². The van der Waals surface area contributed by atoms with Crippen LogP contribution in [-0.2, 0) is 0 Å². The maximum absolute atomic E-state index is 6.50. The van der Waals surface area contributed by atoms with E-state index in [2.05, 4.69) is 5.90 Å². The summed E-state index contributed by atoms with van der Waals surface area (Å²) in [5, 5.41) is 6.50. The van der Waals surface area contributed by atoms with E-state index < -0.39 is 0 Å². The molecule has 0 unspecified atom stereocenters. The van der Waals surface area contributed by atoms with E-state index in [1.54, 1.807) is 0 Å². The molecule has 0 aromatic heterocycles. The van der Waals surface area contributed by atoms with Crippen LogP contribution in [0.4, 0.5) is 0 Å². The average Bonchev–Trinajstić information content (AvgIpc) is 1.00. The van der Waals surface area contributed by atoms with Gasteiger partial charge in [-0.2, -0.15) is 0 Å². The highest BCUT2D eigenvalue weighted by Gasteiger charge is 0.732. The zero-order chi connectivity index (χ0) is 2.00. The number of nitrogens with two attached hydrogens (primary N) is 1. The van der Waals surface area contributed by atoms with Crippen LogP contribution in [0.3, 0.4) is 0 Å². The van der Waals surface area contributed by atoms with E-state index >= 15 is 0 Å². The quantitative estimate of drug-likeness (QED) is 0.432. The Hall–Kier alpha value is 0.500. The Bertz CT molecular complexity index is 6.00. The van der Waals surface area contributed by atoms with Gasteiger partial charge in [0.15, 0.2) is 0 Å². The van der Waals surface area contributed by atoms with Crippen LogP contribution in [0, 0.1) is 0 Å². The lowest BCUT2D eigenvalue weighted by Gasteiger charge is -1.27. The molecule has 0 spiro atoms. The molecule has 4 heavy (non-hydrogen) atoms. The van der Waals surface area contributed by atoms with Crippen molar-refractivity contribution in [3.8, 4) is 0 Å². The summed E-state index contributed by atoms with van der Waals surface area (Å²) in [6.07, 6.45) is 0. The number of hydrogen-bond acceptors (Lipinski definition) is 2. The van der Waals surface area contributed by atoms with Crippen molar-refractivity contribution < 1.29 is 5.21 Å². The Labute approximate surface area is 36.8 Å². The Morgan fingerprint density at radius 2 is 1.00 bits per heavy atom. The normalized spacial score (nSPS) is 1.50. The summed E-state index contributed by atoms with van der Waals surface area (Å²) in [4.78, 5) is 0. The van der Waals surface area contributed by atoms with Gasteiger partial charge in [0.25, 0.3) is 0 Å². The van der Waals surface area contributed by atoms with Crippen molar-refractivity contribution in [2.75, 3.05) is 0 Å². The predicted molar refractivity (Wildman–Crippen MR) is 20.5 cm³/mol. The first-order valence-corrected chi connectivity index (χ1v) is 0.258. The second kappa shape index (κ2) is 87.5. The molecular formula is H5Cl2NO. The van der Waals surface area contributed by atoms with E-state index in [0.717, 1.165) is 0 Å². The molecule has 2 nitrogen and oxygen atoms in total. The van der Waals surface area contributed by atoms with E-state index in [-0.39, 0.29) is 24.8 Å². The Balaban J connectivity index is -0.00000000500. The first-order valence-electron chi connectivity index (χ1n) is 0.258. The fourth-order valence-corrected chi connectivity index (χ4v) is 0. The predicted octanol–water partition coefficient (Wildman–Crippen LogP) is 0.178. The lowest BCUT2D eigenvalue weighted by molar-refractivity contribution is 0.311. The van der Waals surface area contributed by atoms with E-state index in [1.807, 2.05) is 0 Å². The van der Waals surface area contributed by atoms with E-state index in [1.165, 1.54) is 0 Å². The number of hydrogen-bond donors (Lipinski definition) is 2. The fraction of sp³-hybridized carbons (Fsp3) is 0. The molecule has 0 fully saturated rings. The van der Waals surface area contributed by atoms with Gasteiger partial charge in [0.05, 0.1) is 0 Å². The van der Waals surface area contributed by atoms with E-state index in [0.29, 0.717) is 0 Å². The molecule has 0 aromatic rings. The minimum Gasteiger partial charge on any atom is -0.320 e. The van der Waals surface area contributed by atoms with Gasteiger partial charge < -0.3 is 5.21 Å². The van der Waals surface area contributed by atoms with Crippen molar-refractivity contribution in [3.05, 3.63) is 0 Å². The van der Waals surface area contributed by atoms with Gasteiger partial charge in [-0.25, -0.2) is 5.90 Å². The standard InChI is InChI=1S/2ClH.H3NO/c;;1-2/h2*1H;2H,1H2. The third-order valence-electron chi connectivity index (χ3n) is 0. The third kappa shape index (κ3) is 22.5. The molecule has 0 bridgehead atoms. The van der Waals surface area contributed by atoms with Crippen LogP contribution in [0.25, 0.3) is 0 Å². The van der Waals surface area contributed by atoms with Gasteiger partial charge in [0, 0.05) is 0 Å². The van der Waals surface area contributed by atoms with Crippen LogP contribution in [0.15, 0.2) is 0 Å². The van der Waals surface area contributed by atoms with Crippen LogP contribution < -0.4 is 5.90 Å². The van der Waals surface area contributed by atoms with Crippen molar-refractivity contribution in [1.29, 1.82) is 0 Å². The van der Waals surface area contributed by atoms with Crippen molar-refractivity contribution in [2.24, 2.45) is 5.90 Å². The minimum absolute atomic E-state index is 0. The highest BCUT2D eigenvalue weighted by molar-refractivity contribution is 5.85. The van der Waals surface area contributed by atoms with Gasteiger partial charge in [-0.1, -0.05) is 0 Å². The summed E-state index contributed by atoms with van der Waals surface area (Å²) in [5.74, 6) is 3.50. The van der Waals surface area contributed by atoms with E-state index in [4.69, 9.17) is 5.21 Å². The molecule has 0 amide bonds. The van der Waals surface area contributed by atoms with Gasteiger partial charge in [-0.3, -0.25) is 0 Å². The second-order valence-corrected chi connectivity index (χ2v) is 0. The molecule has 0 rings (SSSR count). The zero-order valence-corrected chi connectivity index (χ0v) is 3.47. The van der Waals surface area contributed by atoms with Gasteiger partial charge in [-0.15, -0.1) is 24.8 Å². The molecular weight excluding hydrogens is 101 g/mol. The number of halogens is 2. The fourth-order valence-electron chi connectivity index (χ4n) is 0. The maximum Gasteiger partial charge on any atom is -0.147 e. The number of rotatable bonds is 0.